The number of nitrogens with zero attached hydrogens (tertiary/aromatic N) is 4. The third kappa shape index (κ3) is 4.81. The lowest BCUT2D eigenvalue weighted by Crippen LogP contribution is -2.52. The molecule has 0 spiro atoms. The maximum Gasteiger partial charge on any atom is 0.213 e. The quantitative estimate of drug-likeness (QED) is 0.621. The molecule has 1 aromatic heterocycles. The molecule has 0 radical (unpaired) electrons. The number of rotatable bonds is 5. The third-order valence-corrected chi connectivity index (χ3v) is 4.56. The number of hydrogen-bond acceptors (Lipinski definition) is 5. The number of pyridine rings is 1. The highest BCUT2D eigenvalue weighted by atomic mass is 16.5. The van der Waals surface area contributed by atoms with Gasteiger partial charge in [-0.25, -0.2) is 4.98 Å². The second-order valence-electron chi connectivity index (χ2n) is 6.30. The van der Waals surface area contributed by atoms with Crippen LogP contribution in [0.15, 0.2) is 47.6 Å². The third-order valence-electron chi connectivity index (χ3n) is 4.56. The van der Waals surface area contributed by atoms with Gasteiger partial charge in [-0.2, -0.15) is 0 Å². The van der Waals surface area contributed by atoms with E-state index in [-0.39, 0.29) is 0 Å². The lowest BCUT2D eigenvalue weighted by Gasteiger charge is -2.37. The molecule has 1 aliphatic heterocycles. The zero-order chi connectivity index (χ0) is 19.1. The highest BCUT2D eigenvalue weighted by Crippen LogP contribution is 2.27. The first-order valence-electron chi connectivity index (χ1n) is 9.27. The maximum absolute atomic E-state index is 10.0. The van der Waals surface area contributed by atoms with E-state index in [1.807, 2.05) is 37.3 Å². The van der Waals surface area contributed by atoms with Crippen LogP contribution < -0.4 is 15.0 Å². The second-order valence-corrected chi connectivity index (χ2v) is 6.30. The van der Waals surface area contributed by atoms with Crippen molar-refractivity contribution in [3.05, 3.63) is 48.2 Å². The molecule has 144 valence electrons. The van der Waals surface area contributed by atoms with E-state index in [4.69, 9.17) is 4.74 Å². The van der Waals surface area contributed by atoms with Gasteiger partial charge >= 0.3 is 0 Å². The van der Waals surface area contributed by atoms with E-state index in [9.17, 15) is 5.11 Å². The van der Waals surface area contributed by atoms with Crippen LogP contribution in [-0.2, 0) is 6.54 Å². The number of guanidine groups is 1. The van der Waals surface area contributed by atoms with Crippen LogP contribution in [-0.4, -0.2) is 60.8 Å². The minimum absolute atomic E-state index is 0.330. The summed E-state index contributed by atoms with van der Waals surface area (Å²) in [5.41, 5.74) is 1.99. The highest BCUT2D eigenvalue weighted by Gasteiger charge is 2.21. The lowest BCUT2D eigenvalue weighted by molar-refractivity contribution is 0.326. The van der Waals surface area contributed by atoms with Gasteiger partial charge in [0.05, 0.1) is 12.3 Å². The first-order valence-corrected chi connectivity index (χ1v) is 9.27. The molecule has 1 fully saturated rings. The molecular weight excluding hydrogens is 342 g/mol. The van der Waals surface area contributed by atoms with Gasteiger partial charge in [0.1, 0.15) is 5.75 Å². The van der Waals surface area contributed by atoms with Crippen molar-refractivity contribution in [1.82, 2.24) is 15.2 Å². The summed E-state index contributed by atoms with van der Waals surface area (Å²) in [6.45, 7) is 6.57. The summed E-state index contributed by atoms with van der Waals surface area (Å²) in [6.07, 6.45) is 1.76. The molecule has 3 rings (SSSR count). The average molecular weight is 369 g/mol. The summed E-state index contributed by atoms with van der Waals surface area (Å²) in [5.74, 6) is 1.85. The Labute approximate surface area is 160 Å². The van der Waals surface area contributed by atoms with E-state index in [1.54, 1.807) is 19.3 Å². The Morgan fingerprint density at radius 3 is 2.70 bits per heavy atom. The molecule has 0 amide bonds. The number of ether oxygens (including phenoxy) is 1. The van der Waals surface area contributed by atoms with Crippen LogP contribution >= 0.6 is 0 Å². The fraction of sp³-hybridized carbons (Fsp3) is 0.400. The molecule has 27 heavy (non-hydrogen) atoms. The van der Waals surface area contributed by atoms with E-state index in [0.717, 1.165) is 43.4 Å². The van der Waals surface area contributed by atoms with Crippen LogP contribution in [0.4, 0.5) is 5.69 Å². The van der Waals surface area contributed by atoms with Gasteiger partial charge in [-0.1, -0.05) is 12.1 Å². The second kappa shape index (κ2) is 9.12. The van der Waals surface area contributed by atoms with Gasteiger partial charge in [-0.15, -0.1) is 0 Å². The van der Waals surface area contributed by atoms with Crippen LogP contribution in [0.1, 0.15) is 12.5 Å². The Morgan fingerprint density at radius 2 is 2.00 bits per heavy atom. The molecular formula is C20H27N5O2. The van der Waals surface area contributed by atoms with Gasteiger partial charge in [0.25, 0.3) is 0 Å². The number of aliphatic imine (C=N–C) groups is 1. The van der Waals surface area contributed by atoms with Gasteiger partial charge in [-0.3, -0.25) is 4.99 Å². The molecule has 0 atom stereocenters. The standard InChI is InChI=1S/C20H27N5O2/c1-3-27-19-14-16(8-9-22-19)15-23-20(21-2)25-12-10-24(11-13-25)17-6-4-5-7-18(17)26/h4-9,14,26H,3,10-13,15H2,1-2H3,(H,21,23). The molecule has 1 aliphatic rings. The predicted molar refractivity (Wildman–Crippen MR) is 107 cm³/mol. The van der Waals surface area contributed by atoms with Crippen LogP contribution in [0.25, 0.3) is 0 Å². The summed E-state index contributed by atoms with van der Waals surface area (Å²) in [6, 6.07) is 11.4. The number of anilines is 1. The monoisotopic (exact) mass is 369 g/mol. The molecule has 1 aromatic carbocycles. The SMILES string of the molecule is CCOc1cc(CNC(=NC)N2CCN(c3ccccc3O)CC2)ccn1. The van der Waals surface area contributed by atoms with Crippen LogP contribution in [0.5, 0.6) is 11.6 Å². The predicted octanol–water partition coefficient (Wildman–Crippen LogP) is 2.08. The minimum atomic E-state index is 0.330. The number of para-hydroxylation sites is 2. The number of aromatic hydroxyl groups is 1. The Morgan fingerprint density at radius 1 is 1.22 bits per heavy atom. The van der Waals surface area contributed by atoms with E-state index in [2.05, 4.69) is 25.1 Å². The molecule has 0 saturated carbocycles. The molecule has 2 N–H and O–H groups in total. The maximum atomic E-state index is 10.0. The first-order chi connectivity index (χ1) is 13.2. The highest BCUT2D eigenvalue weighted by molar-refractivity contribution is 5.80. The van der Waals surface area contributed by atoms with Crippen molar-refractivity contribution in [2.45, 2.75) is 13.5 Å². The topological polar surface area (TPSA) is 73.2 Å². The molecule has 2 heterocycles. The number of benzene rings is 1. The number of phenolic OH excluding ortho intramolecular Hbond substituents is 1. The van der Waals surface area contributed by atoms with E-state index < -0.39 is 0 Å². The molecule has 0 aliphatic carbocycles. The molecule has 7 nitrogen and oxygen atoms in total. The number of nitrogens with one attached hydrogen (secondary N) is 1. The summed E-state index contributed by atoms with van der Waals surface area (Å²) in [4.78, 5) is 13.1. The van der Waals surface area contributed by atoms with Gasteiger partial charge < -0.3 is 25.0 Å². The van der Waals surface area contributed by atoms with Crippen molar-refractivity contribution in [1.29, 1.82) is 0 Å². The largest absolute Gasteiger partial charge is 0.506 e. The summed E-state index contributed by atoms with van der Waals surface area (Å²) in [5, 5.41) is 13.5. The summed E-state index contributed by atoms with van der Waals surface area (Å²) in [7, 11) is 1.80. The average Bonchev–Trinajstić information content (AvgIpc) is 2.70. The van der Waals surface area contributed by atoms with Crippen LogP contribution in [0.3, 0.4) is 0 Å². The minimum Gasteiger partial charge on any atom is -0.506 e. The van der Waals surface area contributed by atoms with Crippen molar-refractivity contribution < 1.29 is 9.84 Å². The normalized spacial score (nSPS) is 15.0. The number of hydrogen-bond donors (Lipinski definition) is 2. The van der Waals surface area contributed by atoms with E-state index in [1.165, 1.54) is 0 Å². The Kier molecular flexibility index (Phi) is 6.35. The number of aromatic nitrogens is 1. The van der Waals surface area contributed by atoms with Crippen molar-refractivity contribution in [2.24, 2.45) is 4.99 Å². The van der Waals surface area contributed by atoms with Gasteiger partial charge in [-0.05, 0) is 30.7 Å². The van der Waals surface area contributed by atoms with Crippen LogP contribution in [0.2, 0.25) is 0 Å². The molecule has 1 saturated heterocycles. The fourth-order valence-electron chi connectivity index (χ4n) is 3.19. The van der Waals surface area contributed by atoms with Crippen molar-refractivity contribution in [2.75, 3.05) is 44.7 Å². The Hall–Kier alpha value is -2.96. The van der Waals surface area contributed by atoms with Gasteiger partial charge in [0.2, 0.25) is 5.88 Å². The van der Waals surface area contributed by atoms with Crippen molar-refractivity contribution >= 4 is 11.6 Å². The Bertz CT molecular complexity index is 772. The van der Waals surface area contributed by atoms with E-state index >= 15 is 0 Å². The smallest absolute Gasteiger partial charge is 0.213 e. The zero-order valence-corrected chi connectivity index (χ0v) is 15.9. The molecule has 0 bridgehead atoms. The first kappa shape index (κ1) is 18.8. The molecule has 2 aromatic rings. The van der Waals surface area contributed by atoms with Crippen molar-refractivity contribution in [3.8, 4) is 11.6 Å². The van der Waals surface area contributed by atoms with Gasteiger partial charge in [0.15, 0.2) is 5.96 Å². The summed E-state index contributed by atoms with van der Waals surface area (Å²) >= 11 is 0. The van der Waals surface area contributed by atoms with E-state index in [0.29, 0.717) is 24.8 Å². The molecule has 0 unspecified atom stereocenters. The summed E-state index contributed by atoms with van der Waals surface area (Å²) < 4.78 is 5.45. The van der Waals surface area contributed by atoms with Gasteiger partial charge in [0, 0.05) is 52.0 Å². The van der Waals surface area contributed by atoms with Crippen LogP contribution in [0, 0.1) is 0 Å². The van der Waals surface area contributed by atoms with Crippen molar-refractivity contribution in [3.63, 3.8) is 0 Å². The molecule has 7 heteroatoms. The fourth-order valence-corrected chi connectivity index (χ4v) is 3.19. The zero-order valence-electron chi connectivity index (χ0n) is 15.9. The Balaban J connectivity index is 1.55. The lowest BCUT2D eigenvalue weighted by atomic mass is 10.2. The number of piperazine rings is 1. The number of phenols is 1.